The molecule has 0 aliphatic rings. The van der Waals surface area contributed by atoms with Gasteiger partial charge in [-0.15, -0.1) is 13.2 Å². The standard InChI is InChI=1S/C12H16F3N3O2/c1-19-8-2-7-17-11(16)18-9-3-5-10(6-4-9)20-12(13,14)15/h3-6H,2,7-8H2,1H3,(H3,16,17,18). The fourth-order valence-electron chi connectivity index (χ4n) is 1.34. The molecule has 0 aliphatic carbocycles. The first-order chi connectivity index (χ1) is 9.40. The van der Waals surface area contributed by atoms with Crippen molar-refractivity contribution < 1.29 is 22.6 Å². The van der Waals surface area contributed by atoms with Gasteiger partial charge in [-0.3, -0.25) is 4.99 Å². The van der Waals surface area contributed by atoms with Crippen molar-refractivity contribution in [1.82, 2.24) is 0 Å². The van der Waals surface area contributed by atoms with Gasteiger partial charge in [-0.2, -0.15) is 0 Å². The SMILES string of the molecule is COCCCN=C(N)Nc1ccc(OC(F)(F)F)cc1. The van der Waals surface area contributed by atoms with Gasteiger partial charge in [0.15, 0.2) is 5.96 Å². The molecule has 0 aliphatic heterocycles. The lowest BCUT2D eigenvalue weighted by molar-refractivity contribution is -0.274. The normalized spacial score (nSPS) is 12.3. The maximum Gasteiger partial charge on any atom is 0.573 e. The minimum Gasteiger partial charge on any atom is -0.406 e. The van der Waals surface area contributed by atoms with Crippen LogP contribution in [0.2, 0.25) is 0 Å². The Balaban J connectivity index is 2.48. The number of aliphatic imine (C=N–C) groups is 1. The molecule has 0 bridgehead atoms. The Morgan fingerprint density at radius 1 is 1.30 bits per heavy atom. The summed E-state index contributed by atoms with van der Waals surface area (Å²) in [7, 11) is 1.59. The quantitative estimate of drug-likeness (QED) is 0.479. The number of benzene rings is 1. The number of hydrogen-bond acceptors (Lipinski definition) is 3. The van der Waals surface area contributed by atoms with Crippen molar-refractivity contribution in [2.75, 3.05) is 25.6 Å². The minimum absolute atomic E-state index is 0.186. The van der Waals surface area contributed by atoms with E-state index in [1.807, 2.05) is 0 Å². The molecule has 0 spiro atoms. The molecule has 0 aromatic heterocycles. The van der Waals surface area contributed by atoms with E-state index in [4.69, 9.17) is 10.5 Å². The van der Waals surface area contributed by atoms with Crippen LogP contribution >= 0.6 is 0 Å². The number of alkyl halides is 3. The van der Waals surface area contributed by atoms with Crippen LogP contribution < -0.4 is 15.8 Å². The molecule has 0 amide bonds. The summed E-state index contributed by atoms with van der Waals surface area (Å²) in [4.78, 5) is 4.03. The molecule has 112 valence electrons. The van der Waals surface area contributed by atoms with Gasteiger partial charge in [0.25, 0.3) is 0 Å². The molecule has 0 unspecified atom stereocenters. The van der Waals surface area contributed by atoms with Crippen molar-refractivity contribution in [1.29, 1.82) is 0 Å². The highest BCUT2D eigenvalue weighted by Gasteiger charge is 2.30. The van der Waals surface area contributed by atoms with E-state index in [0.29, 0.717) is 18.8 Å². The van der Waals surface area contributed by atoms with Crippen LogP contribution in [0.15, 0.2) is 29.3 Å². The molecule has 1 aromatic carbocycles. The van der Waals surface area contributed by atoms with Crippen LogP contribution in [-0.2, 0) is 4.74 Å². The van der Waals surface area contributed by atoms with Crippen LogP contribution in [0.3, 0.4) is 0 Å². The van der Waals surface area contributed by atoms with E-state index in [2.05, 4.69) is 15.0 Å². The van der Waals surface area contributed by atoms with Gasteiger partial charge in [-0.25, -0.2) is 0 Å². The van der Waals surface area contributed by atoms with E-state index < -0.39 is 6.36 Å². The number of ether oxygens (including phenoxy) is 2. The lowest BCUT2D eigenvalue weighted by atomic mass is 10.3. The number of nitrogens with zero attached hydrogens (tertiary/aromatic N) is 1. The molecule has 0 atom stereocenters. The summed E-state index contributed by atoms with van der Waals surface area (Å²) in [5.74, 6) is -0.107. The second-order valence-corrected chi connectivity index (χ2v) is 3.81. The zero-order chi connectivity index (χ0) is 15.0. The van der Waals surface area contributed by atoms with Gasteiger partial charge in [-0.05, 0) is 30.7 Å². The number of halogens is 3. The number of nitrogens with two attached hydrogens (primary N) is 1. The Kier molecular flexibility index (Phi) is 6.10. The average molecular weight is 291 g/mol. The van der Waals surface area contributed by atoms with Crippen molar-refractivity contribution in [2.24, 2.45) is 10.7 Å². The Morgan fingerprint density at radius 2 is 1.95 bits per heavy atom. The van der Waals surface area contributed by atoms with Crippen molar-refractivity contribution in [3.05, 3.63) is 24.3 Å². The fraction of sp³-hybridized carbons (Fsp3) is 0.417. The van der Waals surface area contributed by atoms with Crippen molar-refractivity contribution in [3.63, 3.8) is 0 Å². The lowest BCUT2D eigenvalue weighted by Crippen LogP contribution is -2.23. The lowest BCUT2D eigenvalue weighted by Gasteiger charge is -2.10. The average Bonchev–Trinajstić information content (AvgIpc) is 2.35. The van der Waals surface area contributed by atoms with Crippen LogP contribution in [0.25, 0.3) is 0 Å². The van der Waals surface area contributed by atoms with Gasteiger partial charge in [0, 0.05) is 25.9 Å². The molecule has 5 nitrogen and oxygen atoms in total. The molecule has 0 saturated heterocycles. The van der Waals surface area contributed by atoms with E-state index >= 15 is 0 Å². The molecule has 1 rings (SSSR count). The summed E-state index contributed by atoms with van der Waals surface area (Å²) in [5, 5.41) is 2.76. The van der Waals surface area contributed by atoms with E-state index in [1.165, 1.54) is 24.3 Å². The Morgan fingerprint density at radius 3 is 2.50 bits per heavy atom. The molecule has 0 heterocycles. The van der Waals surface area contributed by atoms with E-state index in [1.54, 1.807) is 7.11 Å². The van der Waals surface area contributed by atoms with Gasteiger partial charge in [0.05, 0.1) is 0 Å². The minimum atomic E-state index is -4.70. The number of guanidine groups is 1. The van der Waals surface area contributed by atoms with Crippen molar-refractivity contribution in [3.8, 4) is 5.75 Å². The van der Waals surface area contributed by atoms with Gasteiger partial charge >= 0.3 is 6.36 Å². The van der Waals surface area contributed by atoms with E-state index in [0.717, 1.165) is 6.42 Å². The van der Waals surface area contributed by atoms with Gasteiger partial charge in [0.2, 0.25) is 0 Å². The zero-order valence-corrected chi connectivity index (χ0v) is 10.9. The molecular weight excluding hydrogens is 275 g/mol. The number of methoxy groups -OCH3 is 1. The highest BCUT2D eigenvalue weighted by molar-refractivity contribution is 5.92. The van der Waals surface area contributed by atoms with Crippen molar-refractivity contribution in [2.45, 2.75) is 12.8 Å². The topological polar surface area (TPSA) is 68.9 Å². The molecule has 20 heavy (non-hydrogen) atoms. The maximum atomic E-state index is 12.0. The molecule has 0 fully saturated rings. The Hall–Kier alpha value is -1.96. The second kappa shape index (κ2) is 7.59. The van der Waals surface area contributed by atoms with E-state index in [-0.39, 0.29) is 11.7 Å². The molecule has 0 saturated carbocycles. The molecule has 8 heteroatoms. The third-order valence-electron chi connectivity index (χ3n) is 2.15. The summed E-state index contributed by atoms with van der Waals surface area (Å²) in [6, 6.07) is 5.21. The summed E-state index contributed by atoms with van der Waals surface area (Å²) in [6.07, 6.45) is -3.96. The third-order valence-corrected chi connectivity index (χ3v) is 2.15. The predicted octanol–water partition coefficient (Wildman–Crippen LogP) is 2.35. The number of anilines is 1. The molecule has 3 N–H and O–H groups in total. The summed E-state index contributed by atoms with van der Waals surface area (Å²) >= 11 is 0. The first-order valence-corrected chi connectivity index (χ1v) is 5.82. The maximum absolute atomic E-state index is 12.0. The van der Waals surface area contributed by atoms with Crippen LogP contribution in [0.5, 0.6) is 5.75 Å². The first kappa shape index (κ1) is 16.1. The van der Waals surface area contributed by atoms with Crippen LogP contribution in [0, 0.1) is 0 Å². The Bertz CT molecular complexity index is 433. The first-order valence-electron chi connectivity index (χ1n) is 5.82. The predicted molar refractivity (Wildman–Crippen MR) is 69.7 cm³/mol. The second-order valence-electron chi connectivity index (χ2n) is 3.81. The summed E-state index contributed by atoms with van der Waals surface area (Å²) < 4.78 is 44.5. The van der Waals surface area contributed by atoms with Crippen LogP contribution in [0.1, 0.15) is 6.42 Å². The van der Waals surface area contributed by atoms with E-state index in [9.17, 15) is 13.2 Å². The van der Waals surface area contributed by atoms with Gasteiger partial charge < -0.3 is 20.5 Å². The smallest absolute Gasteiger partial charge is 0.406 e. The molecule has 0 radical (unpaired) electrons. The van der Waals surface area contributed by atoms with Gasteiger partial charge in [-0.1, -0.05) is 0 Å². The third kappa shape index (κ3) is 6.83. The fourth-order valence-corrected chi connectivity index (χ4v) is 1.34. The highest BCUT2D eigenvalue weighted by Crippen LogP contribution is 2.23. The monoisotopic (exact) mass is 291 g/mol. The van der Waals surface area contributed by atoms with Gasteiger partial charge in [0.1, 0.15) is 5.75 Å². The molecule has 1 aromatic rings. The highest BCUT2D eigenvalue weighted by atomic mass is 19.4. The number of nitrogens with one attached hydrogen (secondary N) is 1. The number of hydrogen-bond donors (Lipinski definition) is 2. The van der Waals surface area contributed by atoms with Crippen LogP contribution in [0.4, 0.5) is 18.9 Å². The molecular formula is C12H16F3N3O2. The Labute approximate surface area is 114 Å². The van der Waals surface area contributed by atoms with Crippen LogP contribution in [-0.4, -0.2) is 32.6 Å². The zero-order valence-electron chi connectivity index (χ0n) is 10.9. The summed E-state index contributed by atoms with van der Waals surface area (Å²) in [5.41, 5.74) is 6.14. The van der Waals surface area contributed by atoms with Crippen molar-refractivity contribution >= 4 is 11.6 Å². The largest absolute Gasteiger partial charge is 0.573 e. The summed E-state index contributed by atoms with van der Waals surface area (Å²) in [6.45, 7) is 1.09. The number of rotatable bonds is 6.